The Morgan fingerprint density at radius 2 is 1.40 bits per heavy atom. The molecule has 0 heterocycles. The van der Waals surface area contributed by atoms with Crippen molar-refractivity contribution in [2.45, 2.75) is 18.4 Å². The molecule has 4 rings (SSSR count). The first-order valence-corrected chi connectivity index (χ1v) is 12.6. The molecule has 0 unspecified atom stereocenters. The summed E-state index contributed by atoms with van der Waals surface area (Å²) in [4.78, 5) is 13.2. The van der Waals surface area contributed by atoms with Crippen molar-refractivity contribution >= 4 is 21.6 Å². The van der Waals surface area contributed by atoms with Crippen LogP contribution in [0.15, 0.2) is 114 Å². The van der Waals surface area contributed by atoms with Crippen LogP contribution in [0.5, 0.6) is 11.5 Å². The highest BCUT2D eigenvalue weighted by atomic mass is 32.2. The first-order chi connectivity index (χ1) is 16.9. The number of amides is 1. The average molecular weight is 487 g/mol. The first kappa shape index (κ1) is 24.2. The number of anilines is 1. The molecule has 1 amide bonds. The Labute approximate surface area is 205 Å². The normalized spacial score (nSPS) is 11.3. The molecule has 1 N–H and O–H groups in total. The van der Waals surface area contributed by atoms with Crippen LogP contribution >= 0.6 is 0 Å². The number of carbonyl (C=O) groups excluding carboxylic acids is 1. The van der Waals surface area contributed by atoms with Gasteiger partial charge < -0.3 is 10.1 Å². The minimum Gasteiger partial charge on any atom is -0.455 e. The van der Waals surface area contributed by atoms with Gasteiger partial charge in [0.1, 0.15) is 5.75 Å². The summed E-state index contributed by atoms with van der Waals surface area (Å²) in [6.07, 6.45) is 0. The summed E-state index contributed by atoms with van der Waals surface area (Å²) in [5.74, 6) is 0.616. The lowest BCUT2D eigenvalue weighted by Crippen LogP contribution is -2.37. The van der Waals surface area contributed by atoms with Crippen molar-refractivity contribution in [2.24, 2.45) is 0 Å². The molecule has 178 valence electrons. The van der Waals surface area contributed by atoms with Gasteiger partial charge in [-0.1, -0.05) is 78.4 Å². The standard InChI is InChI=1S/C28H26N2O4S/c1-22-16-18-25(19-17-22)35(32,33)30(20-23-10-4-2-5-11-23)21-28(31)29-26-14-8-9-15-27(26)34-24-12-6-3-7-13-24/h2-19H,20-21H2,1H3,(H,29,31). The predicted molar refractivity (Wildman–Crippen MR) is 137 cm³/mol. The first-order valence-electron chi connectivity index (χ1n) is 11.1. The van der Waals surface area contributed by atoms with E-state index < -0.39 is 15.9 Å². The summed E-state index contributed by atoms with van der Waals surface area (Å²) in [5.41, 5.74) is 2.18. The molecular formula is C28H26N2O4S. The molecular weight excluding hydrogens is 460 g/mol. The van der Waals surface area contributed by atoms with Crippen LogP contribution in [-0.2, 0) is 21.4 Å². The van der Waals surface area contributed by atoms with Crippen LogP contribution in [0.25, 0.3) is 0 Å². The SMILES string of the molecule is Cc1ccc(S(=O)(=O)N(CC(=O)Nc2ccccc2Oc2ccccc2)Cc2ccccc2)cc1. The summed E-state index contributed by atoms with van der Waals surface area (Å²) >= 11 is 0. The second-order valence-electron chi connectivity index (χ2n) is 8.03. The zero-order chi connectivity index (χ0) is 24.7. The van der Waals surface area contributed by atoms with E-state index in [2.05, 4.69) is 5.32 Å². The number of rotatable bonds is 9. The highest BCUT2D eigenvalue weighted by Gasteiger charge is 2.27. The van der Waals surface area contributed by atoms with E-state index in [0.717, 1.165) is 11.1 Å². The minimum absolute atomic E-state index is 0.0621. The van der Waals surface area contributed by atoms with Gasteiger partial charge in [-0.3, -0.25) is 4.79 Å². The third kappa shape index (κ3) is 6.35. The fourth-order valence-electron chi connectivity index (χ4n) is 3.50. The van der Waals surface area contributed by atoms with E-state index in [0.29, 0.717) is 17.2 Å². The molecule has 0 atom stereocenters. The summed E-state index contributed by atoms with van der Waals surface area (Å²) < 4.78 is 34.0. The fraction of sp³-hybridized carbons (Fsp3) is 0.107. The van der Waals surface area contributed by atoms with Gasteiger partial charge in [0.25, 0.3) is 0 Å². The molecule has 0 spiro atoms. The van der Waals surface area contributed by atoms with Crippen LogP contribution in [0.3, 0.4) is 0 Å². The van der Waals surface area contributed by atoms with E-state index in [1.165, 1.54) is 4.31 Å². The number of benzene rings is 4. The van der Waals surface area contributed by atoms with Gasteiger partial charge in [-0.05, 0) is 48.9 Å². The topological polar surface area (TPSA) is 75.7 Å². The van der Waals surface area contributed by atoms with Gasteiger partial charge in [0, 0.05) is 6.54 Å². The van der Waals surface area contributed by atoms with E-state index in [1.54, 1.807) is 48.5 Å². The van der Waals surface area contributed by atoms with Crippen molar-refractivity contribution in [1.82, 2.24) is 4.31 Å². The Hall–Kier alpha value is -3.94. The lowest BCUT2D eigenvalue weighted by atomic mass is 10.2. The lowest BCUT2D eigenvalue weighted by molar-refractivity contribution is -0.116. The maximum Gasteiger partial charge on any atom is 0.243 e. The molecule has 0 aromatic heterocycles. The number of nitrogens with one attached hydrogen (secondary N) is 1. The molecule has 0 saturated heterocycles. The number of sulfonamides is 1. The summed E-state index contributed by atoms with van der Waals surface area (Å²) in [7, 11) is -3.92. The van der Waals surface area contributed by atoms with Crippen LogP contribution in [0.4, 0.5) is 5.69 Å². The van der Waals surface area contributed by atoms with Crippen molar-refractivity contribution in [3.05, 3.63) is 120 Å². The third-order valence-corrected chi connectivity index (χ3v) is 7.12. The molecule has 35 heavy (non-hydrogen) atoms. The Morgan fingerprint density at radius 3 is 2.09 bits per heavy atom. The van der Waals surface area contributed by atoms with Crippen molar-refractivity contribution < 1.29 is 17.9 Å². The van der Waals surface area contributed by atoms with Gasteiger partial charge in [0.05, 0.1) is 17.1 Å². The van der Waals surface area contributed by atoms with Gasteiger partial charge in [-0.2, -0.15) is 4.31 Å². The number of ether oxygens (including phenoxy) is 1. The Bertz CT molecular complexity index is 1370. The maximum absolute atomic E-state index is 13.5. The summed E-state index contributed by atoms with van der Waals surface area (Å²) in [5, 5.41) is 2.81. The van der Waals surface area contributed by atoms with Crippen molar-refractivity contribution in [3.8, 4) is 11.5 Å². The van der Waals surface area contributed by atoms with Crippen LogP contribution < -0.4 is 10.1 Å². The molecule has 7 heteroatoms. The molecule has 0 aliphatic rings. The minimum atomic E-state index is -3.92. The smallest absolute Gasteiger partial charge is 0.243 e. The number of hydrogen-bond donors (Lipinski definition) is 1. The van der Waals surface area contributed by atoms with Gasteiger partial charge in [-0.15, -0.1) is 0 Å². The van der Waals surface area contributed by atoms with E-state index >= 15 is 0 Å². The number of nitrogens with zero attached hydrogens (tertiary/aromatic N) is 1. The maximum atomic E-state index is 13.5. The van der Waals surface area contributed by atoms with Gasteiger partial charge >= 0.3 is 0 Å². The highest BCUT2D eigenvalue weighted by molar-refractivity contribution is 7.89. The zero-order valence-corrected chi connectivity index (χ0v) is 20.1. The molecule has 0 bridgehead atoms. The third-order valence-electron chi connectivity index (χ3n) is 5.31. The molecule has 0 saturated carbocycles. The van der Waals surface area contributed by atoms with Crippen LogP contribution in [0, 0.1) is 6.92 Å². The lowest BCUT2D eigenvalue weighted by Gasteiger charge is -2.22. The summed E-state index contributed by atoms with van der Waals surface area (Å²) in [6, 6.07) is 32.1. The van der Waals surface area contributed by atoms with Crippen LogP contribution in [0.1, 0.15) is 11.1 Å². The van der Waals surface area contributed by atoms with E-state index in [-0.39, 0.29) is 18.0 Å². The number of para-hydroxylation sites is 3. The number of aryl methyl sites for hydroxylation is 1. The molecule has 4 aromatic rings. The average Bonchev–Trinajstić information content (AvgIpc) is 2.86. The van der Waals surface area contributed by atoms with Crippen molar-refractivity contribution in [1.29, 1.82) is 0 Å². The van der Waals surface area contributed by atoms with Crippen LogP contribution in [0.2, 0.25) is 0 Å². The van der Waals surface area contributed by atoms with Gasteiger partial charge in [0.2, 0.25) is 15.9 Å². The Morgan fingerprint density at radius 1 is 0.800 bits per heavy atom. The molecule has 6 nitrogen and oxygen atoms in total. The van der Waals surface area contributed by atoms with Crippen LogP contribution in [-0.4, -0.2) is 25.2 Å². The van der Waals surface area contributed by atoms with Gasteiger partial charge in [-0.25, -0.2) is 8.42 Å². The molecule has 0 radical (unpaired) electrons. The van der Waals surface area contributed by atoms with Gasteiger partial charge in [0.15, 0.2) is 5.75 Å². The molecule has 4 aromatic carbocycles. The second-order valence-corrected chi connectivity index (χ2v) is 9.97. The number of hydrogen-bond acceptors (Lipinski definition) is 4. The van der Waals surface area contributed by atoms with E-state index in [9.17, 15) is 13.2 Å². The molecule has 0 aliphatic heterocycles. The Kier molecular flexibility index (Phi) is 7.60. The monoisotopic (exact) mass is 486 g/mol. The summed E-state index contributed by atoms with van der Waals surface area (Å²) in [6.45, 7) is 1.60. The predicted octanol–water partition coefficient (Wildman–Crippen LogP) is 5.62. The van der Waals surface area contributed by atoms with Crippen molar-refractivity contribution in [2.75, 3.05) is 11.9 Å². The Balaban J connectivity index is 1.57. The zero-order valence-electron chi connectivity index (χ0n) is 19.3. The largest absolute Gasteiger partial charge is 0.455 e. The van der Waals surface area contributed by atoms with E-state index in [4.69, 9.17) is 4.74 Å². The molecule has 0 fully saturated rings. The highest BCUT2D eigenvalue weighted by Crippen LogP contribution is 2.29. The molecule has 0 aliphatic carbocycles. The quantitative estimate of drug-likeness (QED) is 0.333. The number of carbonyl (C=O) groups is 1. The fourth-order valence-corrected chi connectivity index (χ4v) is 4.88. The second kappa shape index (κ2) is 11.0. The van der Waals surface area contributed by atoms with Crippen molar-refractivity contribution in [3.63, 3.8) is 0 Å². The van der Waals surface area contributed by atoms with E-state index in [1.807, 2.05) is 67.6 Å².